The average molecular weight is 548 g/mol. The molecule has 0 saturated heterocycles. The van der Waals surface area contributed by atoms with Crippen LogP contribution in [0.1, 0.15) is 26.3 Å². The Morgan fingerprint density at radius 2 is 1.87 bits per heavy atom. The molecule has 1 amide bonds. The zero-order valence-corrected chi connectivity index (χ0v) is 18.7. The van der Waals surface area contributed by atoms with Gasteiger partial charge < -0.3 is 4.74 Å². The Bertz CT molecular complexity index is 1170. The van der Waals surface area contributed by atoms with E-state index in [0.29, 0.717) is 0 Å². The van der Waals surface area contributed by atoms with Crippen LogP contribution in [0, 0.1) is 10.1 Å². The second-order valence-electron chi connectivity index (χ2n) is 5.94. The molecule has 0 aliphatic heterocycles. The third-order valence-corrected chi connectivity index (χ3v) is 4.95. The Morgan fingerprint density at radius 3 is 2.52 bits per heavy atom. The maximum absolute atomic E-state index is 12.5. The van der Waals surface area contributed by atoms with E-state index in [2.05, 4.69) is 47.4 Å². The lowest BCUT2D eigenvalue weighted by Gasteiger charge is -2.10. The number of esters is 1. The van der Waals surface area contributed by atoms with Crippen LogP contribution >= 0.6 is 31.9 Å². The molecule has 1 N–H and O–H groups in total. The number of aromatic nitrogens is 1. The molecule has 0 unspecified atom stereocenters. The monoisotopic (exact) mass is 546 g/mol. The van der Waals surface area contributed by atoms with Gasteiger partial charge in [0.25, 0.3) is 11.6 Å². The summed E-state index contributed by atoms with van der Waals surface area (Å²) in [6, 6.07) is 12.0. The molecule has 0 bridgehead atoms. The highest BCUT2D eigenvalue weighted by molar-refractivity contribution is 9.10. The molecule has 0 spiro atoms. The van der Waals surface area contributed by atoms with Crippen LogP contribution in [0.4, 0.5) is 5.69 Å². The van der Waals surface area contributed by atoms with Gasteiger partial charge in [0.05, 0.1) is 26.7 Å². The third kappa shape index (κ3) is 5.80. The number of nitrogens with zero attached hydrogens (tertiary/aromatic N) is 3. The number of halogens is 2. The molecule has 11 heteroatoms. The summed E-state index contributed by atoms with van der Waals surface area (Å²) in [6.45, 7) is 0. The van der Waals surface area contributed by atoms with Gasteiger partial charge >= 0.3 is 5.97 Å². The number of nitro groups is 1. The molecule has 0 atom stereocenters. The van der Waals surface area contributed by atoms with Gasteiger partial charge in [-0.05, 0) is 52.3 Å². The third-order valence-electron chi connectivity index (χ3n) is 3.84. The number of nitro benzene ring substituents is 1. The number of carbonyl (C=O) groups is 2. The van der Waals surface area contributed by atoms with E-state index in [1.807, 2.05) is 0 Å². The number of benzene rings is 2. The average Bonchev–Trinajstić information content (AvgIpc) is 2.76. The summed E-state index contributed by atoms with van der Waals surface area (Å²) >= 11 is 6.47. The van der Waals surface area contributed by atoms with Gasteiger partial charge in [0.1, 0.15) is 0 Å². The molecule has 3 rings (SSSR count). The van der Waals surface area contributed by atoms with Crippen molar-refractivity contribution in [2.24, 2.45) is 5.10 Å². The Morgan fingerprint density at radius 1 is 1.13 bits per heavy atom. The maximum atomic E-state index is 12.5. The van der Waals surface area contributed by atoms with E-state index in [1.54, 1.807) is 36.4 Å². The normalized spacial score (nSPS) is 10.6. The number of carbonyl (C=O) groups excluding carboxylic acids is 2. The molecular weight excluding hydrogens is 536 g/mol. The van der Waals surface area contributed by atoms with Gasteiger partial charge in [-0.3, -0.25) is 19.9 Å². The van der Waals surface area contributed by atoms with Crippen LogP contribution in [-0.2, 0) is 0 Å². The van der Waals surface area contributed by atoms with Crippen molar-refractivity contribution in [1.29, 1.82) is 0 Å². The SMILES string of the molecule is O=C(N/N=C\c1cc([N+](=O)[O-])cc(Br)c1OC(=O)c1ccc(Br)cc1)c1cccnc1. The van der Waals surface area contributed by atoms with E-state index in [-0.39, 0.29) is 32.6 Å². The standard InChI is InChI=1S/C20H12Br2N4O5/c21-15-5-3-12(4-6-15)20(28)31-18-14(8-16(26(29)30)9-17(18)22)11-24-25-19(27)13-2-1-7-23-10-13/h1-11H,(H,25,27)/b24-11-. The van der Waals surface area contributed by atoms with Crippen LogP contribution in [0.2, 0.25) is 0 Å². The number of ether oxygens (including phenoxy) is 1. The van der Waals surface area contributed by atoms with Gasteiger partial charge in [-0.15, -0.1) is 0 Å². The zero-order chi connectivity index (χ0) is 22.4. The van der Waals surface area contributed by atoms with E-state index >= 15 is 0 Å². The molecule has 31 heavy (non-hydrogen) atoms. The van der Waals surface area contributed by atoms with Gasteiger partial charge in [0.2, 0.25) is 0 Å². The lowest BCUT2D eigenvalue weighted by Crippen LogP contribution is -2.18. The van der Waals surface area contributed by atoms with Crippen LogP contribution in [0.3, 0.4) is 0 Å². The molecule has 2 aromatic carbocycles. The van der Waals surface area contributed by atoms with Crippen molar-refractivity contribution in [2.75, 3.05) is 0 Å². The van der Waals surface area contributed by atoms with E-state index in [4.69, 9.17) is 4.74 Å². The fraction of sp³-hybridized carbons (Fsp3) is 0. The van der Waals surface area contributed by atoms with E-state index in [9.17, 15) is 19.7 Å². The minimum absolute atomic E-state index is 0.0119. The van der Waals surface area contributed by atoms with Gasteiger partial charge in [0.15, 0.2) is 5.75 Å². The molecule has 0 aliphatic carbocycles. The molecule has 0 saturated carbocycles. The predicted octanol–water partition coefficient (Wildman–Crippen LogP) is 4.50. The lowest BCUT2D eigenvalue weighted by molar-refractivity contribution is -0.385. The van der Waals surface area contributed by atoms with Crippen molar-refractivity contribution in [3.8, 4) is 5.75 Å². The fourth-order valence-corrected chi connectivity index (χ4v) is 3.18. The Kier molecular flexibility index (Phi) is 7.21. The van der Waals surface area contributed by atoms with Crippen LogP contribution < -0.4 is 10.2 Å². The Labute approximate surface area is 192 Å². The zero-order valence-electron chi connectivity index (χ0n) is 15.5. The molecular formula is C20H12Br2N4O5. The summed E-state index contributed by atoms with van der Waals surface area (Å²) in [5, 5.41) is 15.0. The minimum Gasteiger partial charge on any atom is -0.421 e. The predicted molar refractivity (Wildman–Crippen MR) is 119 cm³/mol. The first kappa shape index (κ1) is 22.2. The molecule has 156 valence electrons. The first-order valence-corrected chi connectivity index (χ1v) is 10.1. The van der Waals surface area contributed by atoms with Crippen LogP contribution in [0.5, 0.6) is 5.75 Å². The summed E-state index contributed by atoms with van der Waals surface area (Å²) in [5.74, 6) is -1.18. The Hall–Kier alpha value is -3.44. The summed E-state index contributed by atoms with van der Waals surface area (Å²) in [7, 11) is 0. The number of amides is 1. The number of rotatable bonds is 6. The van der Waals surface area contributed by atoms with Gasteiger partial charge in [-0.25, -0.2) is 10.2 Å². The Balaban J connectivity index is 1.88. The molecule has 0 fully saturated rings. The minimum atomic E-state index is -0.670. The molecule has 0 aliphatic rings. The number of hydrogen-bond donors (Lipinski definition) is 1. The second kappa shape index (κ2) is 10.0. The topological polar surface area (TPSA) is 124 Å². The van der Waals surface area contributed by atoms with Crippen molar-refractivity contribution in [3.05, 3.63) is 96.7 Å². The first-order chi connectivity index (χ1) is 14.8. The van der Waals surface area contributed by atoms with Crippen molar-refractivity contribution in [3.63, 3.8) is 0 Å². The van der Waals surface area contributed by atoms with Gasteiger partial charge in [-0.2, -0.15) is 5.10 Å². The molecule has 0 radical (unpaired) electrons. The summed E-state index contributed by atoms with van der Waals surface area (Å²) < 4.78 is 6.40. The van der Waals surface area contributed by atoms with Gasteiger partial charge in [0, 0.05) is 34.6 Å². The number of hydrogen-bond acceptors (Lipinski definition) is 7. The highest BCUT2D eigenvalue weighted by Gasteiger charge is 2.19. The molecule has 1 heterocycles. The summed E-state index contributed by atoms with van der Waals surface area (Å²) in [5.41, 5.74) is 2.71. The second-order valence-corrected chi connectivity index (χ2v) is 7.71. The van der Waals surface area contributed by atoms with E-state index < -0.39 is 16.8 Å². The summed E-state index contributed by atoms with van der Waals surface area (Å²) in [4.78, 5) is 39.0. The molecule has 3 aromatic rings. The van der Waals surface area contributed by atoms with Crippen LogP contribution in [0.25, 0.3) is 0 Å². The number of pyridine rings is 1. The molecule has 9 nitrogen and oxygen atoms in total. The van der Waals surface area contributed by atoms with E-state index in [0.717, 1.165) is 10.7 Å². The summed E-state index contributed by atoms with van der Waals surface area (Å²) in [6.07, 6.45) is 4.03. The largest absolute Gasteiger partial charge is 0.421 e. The van der Waals surface area contributed by atoms with Crippen LogP contribution in [-0.4, -0.2) is 28.0 Å². The quantitative estimate of drug-likeness (QED) is 0.159. The van der Waals surface area contributed by atoms with Crippen molar-refractivity contribution in [2.45, 2.75) is 0 Å². The molecule has 1 aromatic heterocycles. The van der Waals surface area contributed by atoms with E-state index in [1.165, 1.54) is 24.5 Å². The fourth-order valence-electron chi connectivity index (χ4n) is 2.37. The first-order valence-electron chi connectivity index (χ1n) is 8.54. The van der Waals surface area contributed by atoms with Crippen LogP contribution in [0.15, 0.2) is 75.0 Å². The highest BCUT2D eigenvalue weighted by Crippen LogP contribution is 2.33. The maximum Gasteiger partial charge on any atom is 0.343 e. The van der Waals surface area contributed by atoms with Crippen molar-refractivity contribution in [1.82, 2.24) is 10.4 Å². The lowest BCUT2D eigenvalue weighted by atomic mass is 10.2. The number of nitrogens with one attached hydrogen (secondary N) is 1. The van der Waals surface area contributed by atoms with Crippen molar-refractivity contribution < 1.29 is 19.2 Å². The highest BCUT2D eigenvalue weighted by atomic mass is 79.9. The van der Waals surface area contributed by atoms with Crippen molar-refractivity contribution >= 4 is 55.6 Å². The number of non-ortho nitro benzene ring substituents is 1. The number of hydrazone groups is 1. The van der Waals surface area contributed by atoms with Gasteiger partial charge in [-0.1, -0.05) is 15.9 Å². The smallest absolute Gasteiger partial charge is 0.343 e.